The number of fused-ring (bicyclic) bond motifs is 1. The molecule has 0 aliphatic carbocycles. The molecule has 0 aliphatic rings. The van der Waals surface area contributed by atoms with E-state index in [0.717, 1.165) is 15.9 Å². The lowest BCUT2D eigenvalue weighted by atomic mass is 10.2. The number of carbonyl (C=O) groups is 1. The lowest BCUT2D eigenvalue weighted by Gasteiger charge is -2.14. The highest BCUT2D eigenvalue weighted by Gasteiger charge is 2.20. The van der Waals surface area contributed by atoms with Gasteiger partial charge in [-0.3, -0.25) is 23.1 Å². The van der Waals surface area contributed by atoms with E-state index >= 15 is 0 Å². The number of carbonyl (C=O) groups excluding carboxylic acids is 1. The molecule has 2 aromatic heterocycles. The Morgan fingerprint density at radius 3 is 2.52 bits per heavy atom. The molecule has 2 aromatic rings. The highest BCUT2D eigenvalue weighted by molar-refractivity contribution is 7.20. The molecule has 7 heteroatoms. The van der Waals surface area contributed by atoms with Crippen LogP contribution in [0.2, 0.25) is 0 Å². The molecular formula is C14H17FN2O3S. The molecule has 2 heterocycles. The lowest BCUT2D eigenvalue weighted by Crippen LogP contribution is -2.40. The SMILES string of the molecule is Cc1c(C=O)sc2c1c(=O)n(C(C)C)c(=O)n2CCCF. The molecular weight excluding hydrogens is 295 g/mol. The van der Waals surface area contributed by atoms with Gasteiger partial charge in [0.25, 0.3) is 5.56 Å². The maximum atomic E-state index is 12.5. The van der Waals surface area contributed by atoms with E-state index in [1.807, 2.05) is 0 Å². The Morgan fingerprint density at radius 1 is 1.33 bits per heavy atom. The molecule has 21 heavy (non-hydrogen) atoms. The van der Waals surface area contributed by atoms with Crippen LogP contribution in [0.1, 0.15) is 41.5 Å². The molecule has 0 N–H and O–H groups in total. The zero-order valence-electron chi connectivity index (χ0n) is 12.2. The van der Waals surface area contributed by atoms with Crippen molar-refractivity contribution in [3.05, 3.63) is 31.3 Å². The summed E-state index contributed by atoms with van der Waals surface area (Å²) in [5.74, 6) is 0. The van der Waals surface area contributed by atoms with Crippen LogP contribution >= 0.6 is 11.3 Å². The van der Waals surface area contributed by atoms with Gasteiger partial charge in [0.15, 0.2) is 6.29 Å². The summed E-state index contributed by atoms with van der Waals surface area (Å²) in [6, 6.07) is -0.301. The van der Waals surface area contributed by atoms with Crippen molar-refractivity contribution in [2.45, 2.75) is 39.8 Å². The Labute approximate surface area is 124 Å². The standard InChI is InChI=1S/C14H17FN2O3S/c1-8(2)17-12(19)11-9(3)10(7-18)21-13(11)16(14(17)20)6-4-5-15/h7-8H,4-6H2,1-3H3. The van der Waals surface area contributed by atoms with Crippen molar-refractivity contribution >= 4 is 27.8 Å². The number of hydrogen-bond acceptors (Lipinski definition) is 4. The van der Waals surface area contributed by atoms with Gasteiger partial charge in [-0.15, -0.1) is 11.3 Å². The van der Waals surface area contributed by atoms with Crippen LogP contribution in [0.4, 0.5) is 4.39 Å². The summed E-state index contributed by atoms with van der Waals surface area (Å²) < 4.78 is 15.0. The van der Waals surface area contributed by atoms with Crippen LogP contribution in [0.3, 0.4) is 0 Å². The molecule has 0 aromatic carbocycles. The first-order valence-electron chi connectivity index (χ1n) is 6.73. The molecule has 0 aliphatic heterocycles. The monoisotopic (exact) mass is 312 g/mol. The topological polar surface area (TPSA) is 61.1 Å². The van der Waals surface area contributed by atoms with Crippen molar-refractivity contribution < 1.29 is 9.18 Å². The number of thiophene rings is 1. The summed E-state index contributed by atoms with van der Waals surface area (Å²) in [4.78, 5) is 37.0. The Balaban J connectivity index is 2.95. The second kappa shape index (κ2) is 5.93. The van der Waals surface area contributed by atoms with Crippen molar-refractivity contribution in [3.8, 4) is 0 Å². The molecule has 0 fully saturated rings. The third-order valence-corrected chi connectivity index (χ3v) is 4.66. The molecule has 0 saturated carbocycles. The van der Waals surface area contributed by atoms with Crippen molar-refractivity contribution in [1.29, 1.82) is 0 Å². The van der Waals surface area contributed by atoms with Crippen LogP contribution in [0.5, 0.6) is 0 Å². The molecule has 0 amide bonds. The van der Waals surface area contributed by atoms with Crippen LogP contribution in [0.15, 0.2) is 9.59 Å². The van der Waals surface area contributed by atoms with Gasteiger partial charge in [-0.1, -0.05) is 0 Å². The number of alkyl halides is 1. The Kier molecular flexibility index (Phi) is 4.41. The second-order valence-corrected chi connectivity index (χ2v) is 6.17. The summed E-state index contributed by atoms with van der Waals surface area (Å²) in [6.07, 6.45) is 0.877. The van der Waals surface area contributed by atoms with Gasteiger partial charge in [-0.05, 0) is 32.8 Å². The molecule has 5 nitrogen and oxygen atoms in total. The first-order valence-corrected chi connectivity index (χ1v) is 7.55. The predicted molar refractivity (Wildman–Crippen MR) is 81.4 cm³/mol. The summed E-state index contributed by atoms with van der Waals surface area (Å²) >= 11 is 1.11. The van der Waals surface area contributed by atoms with Crippen LogP contribution in [-0.2, 0) is 6.54 Å². The van der Waals surface area contributed by atoms with Gasteiger partial charge in [0, 0.05) is 12.6 Å². The molecule has 0 atom stereocenters. The minimum atomic E-state index is -0.542. The normalized spacial score (nSPS) is 11.5. The van der Waals surface area contributed by atoms with E-state index < -0.39 is 12.4 Å². The maximum Gasteiger partial charge on any atom is 0.332 e. The number of nitrogens with zero attached hydrogens (tertiary/aromatic N) is 2. The van der Waals surface area contributed by atoms with E-state index in [9.17, 15) is 18.8 Å². The Morgan fingerprint density at radius 2 is 2.00 bits per heavy atom. The first kappa shape index (κ1) is 15.6. The van der Waals surface area contributed by atoms with Gasteiger partial charge in [-0.2, -0.15) is 0 Å². The van der Waals surface area contributed by atoms with E-state index in [1.165, 1.54) is 4.57 Å². The zero-order valence-corrected chi connectivity index (χ0v) is 13.0. The third kappa shape index (κ3) is 2.46. The summed E-state index contributed by atoms with van der Waals surface area (Å²) in [5.41, 5.74) is -0.253. The molecule has 0 radical (unpaired) electrons. The number of aldehydes is 1. The van der Waals surface area contributed by atoms with Crippen molar-refractivity contribution in [2.24, 2.45) is 0 Å². The minimum absolute atomic E-state index is 0.192. The lowest BCUT2D eigenvalue weighted by molar-refractivity contribution is 0.112. The fourth-order valence-electron chi connectivity index (χ4n) is 2.36. The number of aromatic nitrogens is 2. The molecule has 114 valence electrons. The fraction of sp³-hybridized carbons (Fsp3) is 0.500. The minimum Gasteiger partial charge on any atom is -0.297 e. The van der Waals surface area contributed by atoms with Gasteiger partial charge in [0.05, 0.1) is 16.9 Å². The number of aryl methyl sites for hydroxylation is 2. The maximum absolute atomic E-state index is 12.5. The van der Waals surface area contributed by atoms with Gasteiger partial charge in [0.1, 0.15) is 4.83 Å². The molecule has 0 saturated heterocycles. The van der Waals surface area contributed by atoms with E-state index in [4.69, 9.17) is 0 Å². The summed E-state index contributed by atoms with van der Waals surface area (Å²) in [5, 5.41) is 0.384. The third-order valence-electron chi connectivity index (χ3n) is 3.42. The Bertz CT molecular complexity index is 801. The molecule has 0 bridgehead atoms. The molecule has 0 unspecified atom stereocenters. The predicted octanol–water partition coefficient (Wildman–Crippen LogP) is 2.29. The largest absolute Gasteiger partial charge is 0.332 e. The molecule has 0 spiro atoms. The van der Waals surface area contributed by atoms with E-state index in [2.05, 4.69) is 0 Å². The van der Waals surface area contributed by atoms with Crippen LogP contribution in [-0.4, -0.2) is 22.1 Å². The van der Waals surface area contributed by atoms with Crippen molar-refractivity contribution in [1.82, 2.24) is 9.13 Å². The summed E-state index contributed by atoms with van der Waals surface area (Å²) in [6.45, 7) is 4.84. The van der Waals surface area contributed by atoms with E-state index in [0.29, 0.717) is 26.9 Å². The Hall–Kier alpha value is -1.76. The smallest absolute Gasteiger partial charge is 0.297 e. The van der Waals surface area contributed by atoms with Crippen molar-refractivity contribution in [2.75, 3.05) is 6.67 Å². The quantitative estimate of drug-likeness (QED) is 0.796. The van der Waals surface area contributed by atoms with Crippen LogP contribution in [0, 0.1) is 6.92 Å². The average molecular weight is 312 g/mol. The number of hydrogen-bond donors (Lipinski definition) is 0. The van der Waals surface area contributed by atoms with E-state index in [-0.39, 0.29) is 24.6 Å². The highest BCUT2D eigenvalue weighted by Crippen LogP contribution is 2.26. The summed E-state index contributed by atoms with van der Waals surface area (Å²) in [7, 11) is 0. The van der Waals surface area contributed by atoms with Crippen molar-refractivity contribution in [3.63, 3.8) is 0 Å². The van der Waals surface area contributed by atoms with Gasteiger partial charge >= 0.3 is 5.69 Å². The van der Waals surface area contributed by atoms with Crippen LogP contribution < -0.4 is 11.2 Å². The first-order chi connectivity index (χ1) is 9.93. The highest BCUT2D eigenvalue weighted by atomic mass is 32.1. The number of rotatable bonds is 5. The number of halogens is 1. The second-order valence-electron chi connectivity index (χ2n) is 5.13. The van der Waals surface area contributed by atoms with E-state index in [1.54, 1.807) is 20.8 Å². The van der Waals surface area contributed by atoms with Gasteiger partial charge in [0.2, 0.25) is 0 Å². The zero-order chi connectivity index (χ0) is 15.7. The fourth-order valence-corrected chi connectivity index (χ4v) is 3.50. The molecule has 2 rings (SSSR count). The van der Waals surface area contributed by atoms with Gasteiger partial charge in [-0.25, -0.2) is 4.79 Å². The van der Waals surface area contributed by atoms with Gasteiger partial charge < -0.3 is 0 Å². The van der Waals surface area contributed by atoms with Crippen LogP contribution in [0.25, 0.3) is 10.2 Å². The average Bonchev–Trinajstić information content (AvgIpc) is 2.75.